The molecule has 0 saturated carbocycles. The van der Waals surface area contributed by atoms with Crippen molar-refractivity contribution in [3.63, 3.8) is 0 Å². The molecule has 0 bridgehead atoms. The smallest absolute Gasteiger partial charge is 0.338 e. The number of esters is 1. The number of carbonyl (C=O) groups is 2. The van der Waals surface area contributed by atoms with Crippen molar-refractivity contribution >= 4 is 33.5 Å². The van der Waals surface area contributed by atoms with Gasteiger partial charge in [-0.3, -0.25) is 9.63 Å². The maximum absolute atomic E-state index is 12.3. The summed E-state index contributed by atoms with van der Waals surface area (Å²) in [5, 5.41) is -0.0760. The lowest BCUT2D eigenvalue weighted by Gasteiger charge is -2.18. The number of nitrogens with zero attached hydrogens (tertiary/aromatic N) is 2. The lowest BCUT2D eigenvalue weighted by molar-refractivity contribution is -0.137. The first kappa shape index (κ1) is 20.4. The fourth-order valence-electron chi connectivity index (χ4n) is 1.71. The average molecular weight is 379 g/mol. The molecule has 1 rings (SSSR count). The Morgan fingerprint density at radius 1 is 1.21 bits per heavy atom. The van der Waals surface area contributed by atoms with E-state index in [0.717, 1.165) is 6.07 Å². The van der Waals surface area contributed by atoms with Gasteiger partial charge in [0.05, 0.1) is 17.7 Å². The maximum Gasteiger partial charge on any atom is 0.338 e. The van der Waals surface area contributed by atoms with Crippen LogP contribution in [0.3, 0.4) is 0 Å². The minimum absolute atomic E-state index is 0.0547. The number of hydroxylamine groups is 1. The molecule has 1 amide bonds. The van der Waals surface area contributed by atoms with Crippen molar-refractivity contribution < 1.29 is 27.6 Å². The van der Waals surface area contributed by atoms with Gasteiger partial charge in [0.15, 0.2) is 6.10 Å². The summed E-state index contributed by atoms with van der Waals surface area (Å²) in [7, 11) is 1.39. The summed E-state index contributed by atoms with van der Waals surface area (Å²) >= 11 is 5.91. The Bertz CT molecular complexity index is 735. The van der Waals surface area contributed by atoms with Crippen molar-refractivity contribution in [2.75, 3.05) is 28.3 Å². The average Bonchev–Trinajstić information content (AvgIpc) is 2.52. The number of likely N-dealkylation sites (N-methyl/N-ethyl adjacent to an activating group) is 1. The highest BCUT2D eigenvalue weighted by Crippen LogP contribution is 2.25. The number of ether oxygens (including phenoxy) is 1. The van der Waals surface area contributed by atoms with Crippen LogP contribution in [0.25, 0.3) is 0 Å². The first-order valence-electron chi connectivity index (χ1n) is 6.77. The molecule has 0 aliphatic rings. The largest absolute Gasteiger partial charge is 0.449 e. The van der Waals surface area contributed by atoms with Crippen LogP contribution in [0.1, 0.15) is 17.3 Å². The van der Waals surface area contributed by atoms with Crippen LogP contribution in [-0.4, -0.2) is 64.0 Å². The number of halogens is 1. The molecule has 24 heavy (non-hydrogen) atoms. The quantitative estimate of drug-likeness (QED) is 0.544. The molecule has 1 atom stereocenters. The Morgan fingerprint density at radius 3 is 2.29 bits per heavy atom. The zero-order valence-electron chi connectivity index (χ0n) is 13.9. The molecule has 0 aromatic heterocycles. The molecule has 0 heterocycles. The molecular weight excluding hydrogens is 360 g/mol. The molecule has 0 aliphatic heterocycles. The number of hydrogen-bond acceptors (Lipinski definition) is 6. The number of sulfonamides is 1. The van der Waals surface area contributed by atoms with Gasteiger partial charge in [0.25, 0.3) is 15.9 Å². The third kappa shape index (κ3) is 4.44. The van der Waals surface area contributed by atoms with Crippen LogP contribution >= 0.6 is 11.6 Å². The molecule has 10 heteroatoms. The minimum Gasteiger partial charge on any atom is -0.449 e. The highest BCUT2D eigenvalue weighted by molar-refractivity contribution is 7.89. The molecule has 8 nitrogen and oxygen atoms in total. The zero-order chi connectivity index (χ0) is 18.7. The van der Waals surface area contributed by atoms with E-state index in [1.165, 1.54) is 52.2 Å². The second-order valence-corrected chi connectivity index (χ2v) is 7.33. The van der Waals surface area contributed by atoms with Crippen LogP contribution in [0.2, 0.25) is 5.02 Å². The highest BCUT2D eigenvalue weighted by atomic mass is 35.5. The molecule has 1 aromatic carbocycles. The second-order valence-electron chi connectivity index (χ2n) is 5.02. The van der Waals surface area contributed by atoms with E-state index < -0.39 is 28.0 Å². The summed E-state index contributed by atoms with van der Waals surface area (Å²) in [4.78, 5) is 29.5. The Kier molecular flexibility index (Phi) is 6.73. The van der Waals surface area contributed by atoms with Gasteiger partial charge in [-0.15, -0.1) is 0 Å². The first-order valence-corrected chi connectivity index (χ1v) is 8.59. The molecule has 0 N–H and O–H groups in total. The molecule has 0 aliphatic carbocycles. The van der Waals surface area contributed by atoms with Gasteiger partial charge in [0.1, 0.15) is 4.90 Å². The first-order chi connectivity index (χ1) is 11.0. The SMILES string of the molecule is CON(C)S(=O)(=O)c1cc(C(=O)O[C@@H](C)C(=O)N(C)C)ccc1Cl. The third-order valence-corrected chi connectivity index (χ3v) is 5.27. The van der Waals surface area contributed by atoms with Crippen molar-refractivity contribution in [1.29, 1.82) is 0 Å². The second kappa shape index (κ2) is 7.93. The van der Waals surface area contributed by atoms with Crippen LogP contribution in [0.4, 0.5) is 0 Å². The topological polar surface area (TPSA) is 93.2 Å². The summed E-state index contributed by atoms with van der Waals surface area (Å²) in [5.74, 6) is -1.24. The van der Waals surface area contributed by atoms with Crippen LogP contribution in [0.15, 0.2) is 23.1 Å². The van der Waals surface area contributed by atoms with E-state index in [0.29, 0.717) is 4.47 Å². The van der Waals surface area contributed by atoms with E-state index in [1.54, 1.807) is 0 Å². The van der Waals surface area contributed by atoms with Gasteiger partial charge < -0.3 is 9.64 Å². The summed E-state index contributed by atoms with van der Waals surface area (Å²) in [6, 6.07) is 3.64. The third-order valence-electron chi connectivity index (χ3n) is 3.11. The monoisotopic (exact) mass is 378 g/mol. The minimum atomic E-state index is -4.04. The van der Waals surface area contributed by atoms with Gasteiger partial charge in [-0.25, -0.2) is 13.2 Å². The number of amides is 1. The molecule has 134 valence electrons. The van der Waals surface area contributed by atoms with Crippen LogP contribution in [-0.2, 0) is 24.4 Å². The van der Waals surface area contributed by atoms with Crippen molar-refractivity contribution in [3.8, 4) is 0 Å². The predicted octanol–water partition coefficient (Wildman–Crippen LogP) is 1.16. The van der Waals surface area contributed by atoms with Crippen LogP contribution < -0.4 is 0 Å². The van der Waals surface area contributed by atoms with Gasteiger partial charge in [-0.2, -0.15) is 0 Å². The van der Waals surface area contributed by atoms with Crippen molar-refractivity contribution in [2.24, 2.45) is 0 Å². The van der Waals surface area contributed by atoms with Crippen LogP contribution in [0, 0.1) is 0 Å². The fourth-order valence-corrected chi connectivity index (χ4v) is 3.18. The van der Waals surface area contributed by atoms with E-state index in [1.807, 2.05) is 0 Å². The molecule has 0 unspecified atom stereocenters. The highest BCUT2D eigenvalue weighted by Gasteiger charge is 2.26. The molecular formula is C14H19ClN2O6S. The molecule has 1 aromatic rings. The van der Waals surface area contributed by atoms with Gasteiger partial charge >= 0.3 is 5.97 Å². The van der Waals surface area contributed by atoms with E-state index in [4.69, 9.17) is 16.3 Å². The fraction of sp³-hybridized carbons (Fsp3) is 0.429. The van der Waals surface area contributed by atoms with E-state index in [-0.39, 0.29) is 15.5 Å². The Balaban J connectivity index is 3.14. The summed E-state index contributed by atoms with van der Waals surface area (Å²) in [5.41, 5.74) is -0.0547. The summed E-state index contributed by atoms with van der Waals surface area (Å²) < 4.78 is 30.2. The number of carbonyl (C=O) groups excluding carboxylic acids is 2. The van der Waals surface area contributed by atoms with E-state index >= 15 is 0 Å². The summed E-state index contributed by atoms with van der Waals surface area (Å²) in [6.07, 6.45) is -1.01. The number of rotatable bonds is 6. The standard InChI is InChI=1S/C14H19ClN2O6S/c1-9(13(18)16(2)3)23-14(19)10-6-7-11(15)12(8-10)24(20,21)17(4)22-5/h6-9H,1-5H3/t9-/m0/s1. The molecule has 0 radical (unpaired) electrons. The van der Waals surface area contributed by atoms with Crippen molar-refractivity contribution in [2.45, 2.75) is 17.9 Å². The van der Waals surface area contributed by atoms with Crippen LogP contribution in [0.5, 0.6) is 0 Å². The maximum atomic E-state index is 12.3. The van der Waals surface area contributed by atoms with Gasteiger partial charge in [-0.1, -0.05) is 16.1 Å². The van der Waals surface area contributed by atoms with Gasteiger partial charge in [0, 0.05) is 21.1 Å². The Morgan fingerprint density at radius 2 is 1.79 bits per heavy atom. The van der Waals surface area contributed by atoms with Gasteiger partial charge in [0.2, 0.25) is 0 Å². The van der Waals surface area contributed by atoms with Crippen molar-refractivity contribution in [3.05, 3.63) is 28.8 Å². The Hall–Kier alpha value is -1.68. The normalized spacial score (nSPS) is 12.8. The van der Waals surface area contributed by atoms with E-state index in [2.05, 4.69) is 4.84 Å². The lowest BCUT2D eigenvalue weighted by atomic mass is 10.2. The van der Waals surface area contributed by atoms with Crippen molar-refractivity contribution in [1.82, 2.24) is 9.37 Å². The molecule has 0 spiro atoms. The van der Waals surface area contributed by atoms with E-state index in [9.17, 15) is 18.0 Å². The zero-order valence-corrected chi connectivity index (χ0v) is 15.5. The molecule has 0 saturated heterocycles. The van der Waals surface area contributed by atoms with Gasteiger partial charge in [-0.05, 0) is 25.1 Å². The summed E-state index contributed by atoms with van der Waals surface area (Å²) in [6.45, 7) is 1.42. The predicted molar refractivity (Wildman–Crippen MR) is 87.0 cm³/mol. The Labute approximate surface area is 145 Å². The number of hydrogen-bond donors (Lipinski definition) is 0. The number of benzene rings is 1. The lowest BCUT2D eigenvalue weighted by Crippen LogP contribution is -2.35. The molecule has 0 fully saturated rings.